The van der Waals surface area contributed by atoms with Crippen molar-refractivity contribution in [3.8, 4) is 11.8 Å². The summed E-state index contributed by atoms with van der Waals surface area (Å²) in [7, 11) is 1.35. The predicted molar refractivity (Wildman–Crippen MR) is 75.2 cm³/mol. The van der Waals surface area contributed by atoms with Gasteiger partial charge in [-0.3, -0.25) is 0 Å². The van der Waals surface area contributed by atoms with Crippen LogP contribution >= 0.6 is 11.6 Å². The van der Waals surface area contributed by atoms with Crippen molar-refractivity contribution in [3.63, 3.8) is 0 Å². The topological polar surface area (TPSA) is 26.3 Å². The molecule has 19 heavy (non-hydrogen) atoms. The number of methoxy groups -OCH3 is 1. The first-order chi connectivity index (χ1) is 9.20. The Morgan fingerprint density at radius 2 is 1.74 bits per heavy atom. The van der Waals surface area contributed by atoms with Gasteiger partial charge in [0, 0.05) is 16.1 Å². The van der Waals surface area contributed by atoms with Crippen LogP contribution in [0.15, 0.2) is 48.5 Å². The molecule has 0 aliphatic carbocycles. The van der Waals surface area contributed by atoms with Crippen LogP contribution in [0.25, 0.3) is 0 Å². The number of esters is 1. The summed E-state index contributed by atoms with van der Waals surface area (Å²) in [5.74, 6) is 5.57. The lowest BCUT2D eigenvalue weighted by Gasteiger charge is -2.01. The molecule has 0 heterocycles. The molecule has 0 bridgehead atoms. The number of hydrogen-bond acceptors (Lipinski definition) is 2. The molecule has 0 atom stereocenters. The van der Waals surface area contributed by atoms with Crippen molar-refractivity contribution < 1.29 is 9.53 Å². The van der Waals surface area contributed by atoms with E-state index in [0.29, 0.717) is 16.1 Å². The minimum absolute atomic E-state index is 0.388. The zero-order chi connectivity index (χ0) is 13.7. The van der Waals surface area contributed by atoms with Gasteiger partial charge in [-0.15, -0.1) is 0 Å². The Morgan fingerprint density at radius 1 is 1.05 bits per heavy atom. The Hall–Kier alpha value is -2.24. The Balaban J connectivity index is 2.34. The summed E-state index contributed by atoms with van der Waals surface area (Å²) in [5, 5.41) is 0.667. The minimum Gasteiger partial charge on any atom is -0.465 e. The number of ether oxygens (including phenoxy) is 1. The molecule has 0 aromatic heterocycles. The van der Waals surface area contributed by atoms with Gasteiger partial charge >= 0.3 is 5.97 Å². The highest BCUT2D eigenvalue weighted by atomic mass is 35.5. The van der Waals surface area contributed by atoms with Gasteiger partial charge in [-0.1, -0.05) is 35.6 Å². The number of benzene rings is 2. The van der Waals surface area contributed by atoms with Gasteiger partial charge < -0.3 is 4.74 Å². The lowest BCUT2D eigenvalue weighted by molar-refractivity contribution is 0.0600. The maximum atomic E-state index is 11.6. The molecule has 0 aliphatic heterocycles. The number of carbonyl (C=O) groups is 1. The monoisotopic (exact) mass is 270 g/mol. The van der Waals surface area contributed by atoms with Crippen LogP contribution in [-0.2, 0) is 4.74 Å². The molecule has 0 saturated carbocycles. The van der Waals surface area contributed by atoms with E-state index in [1.807, 2.05) is 18.2 Å². The van der Waals surface area contributed by atoms with Gasteiger partial charge in [-0.25, -0.2) is 4.79 Å². The van der Waals surface area contributed by atoms with E-state index < -0.39 is 0 Å². The fourth-order valence-corrected chi connectivity index (χ4v) is 1.68. The maximum Gasteiger partial charge on any atom is 0.339 e. The van der Waals surface area contributed by atoms with Crippen LogP contribution in [0.4, 0.5) is 0 Å². The van der Waals surface area contributed by atoms with Gasteiger partial charge in [0.1, 0.15) is 0 Å². The van der Waals surface area contributed by atoms with Crippen molar-refractivity contribution >= 4 is 17.6 Å². The number of hydrogen-bond donors (Lipinski definition) is 0. The van der Waals surface area contributed by atoms with Crippen molar-refractivity contribution in [2.75, 3.05) is 7.11 Å². The van der Waals surface area contributed by atoms with Crippen LogP contribution in [0.1, 0.15) is 21.5 Å². The molecule has 0 amide bonds. The summed E-state index contributed by atoms with van der Waals surface area (Å²) in [5.41, 5.74) is 1.94. The molecule has 0 aliphatic rings. The summed E-state index contributed by atoms with van der Waals surface area (Å²) in [6.45, 7) is 0. The molecule has 0 radical (unpaired) electrons. The van der Waals surface area contributed by atoms with E-state index >= 15 is 0 Å². The first-order valence-corrected chi connectivity index (χ1v) is 6.03. The van der Waals surface area contributed by atoms with Crippen molar-refractivity contribution in [1.82, 2.24) is 0 Å². The second-order valence-corrected chi connectivity index (χ2v) is 4.23. The Kier molecular flexibility index (Phi) is 4.22. The average Bonchev–Trinajstić information content (AvgIpc) is 2.46. The van der Waals surface area contributed by atoms with Crippen LogP contribution in [0.3, 0.4) is 0 Å². The highest BCUT2D eigenvalue weighted by Crippen LogP contribution is 2.11. The molecule has 2 aromatic carbocycles. The summed E-state index contributed by atoms with van der Waals surface area (Å²) in [6.07, 6.45) is 0. The van der Waals surface area contributed by atoms with Crippen molar-refractivity contribution in [1.29, 1.82) is 0 Å². The second kappa shape index (κ2) is 6.08. The van der Waals surface area contributed by atoms with Gasteiger partial charge in [0.25, 0.3) is 0 Å². The number of halogens is 1. The Morgan fingerprint density at radius 3 is 2.42 bits per heavy atom. The fraction of sp³-hybridized carbons (Fsp3) is 0.0625. The molecule has 2 nitrogen and oxygen atoms in total. The Bertz CT molecular complexity index is 648. The molecule has 3 heteroatoms. The first kappa shape index (κ1) is 13.2. The minimum atomic E-state index is -0.388. The van der Waals surface area contributed by atoms with Gasteiger partial charge in [-0.05, 0) is 36.4 Å². The molecular weight excluding hydrogens is 260 g/mol. The first-order valence-electron chi connectivity index (χ1n) is 5.65. The highest BCUT2D eigenvalue weighted by molar-refractivity contribution is 6.30. The van der Waals surface area contributed by atoms with E-state index in [4.69, 9.17) is 16.3 Å². The lowest BCUT2D eigenvalue weighted by Crippen LogP contribution is -2.03. The maximum absolute atomic E-state index is 11.6. The zero-order valence-corrected chi connectivity index (χ0v) is 11.1. The standard InChI is InChI=1S/C16H11ClO2/c1-19-16(18)15-5-3-2-4-13(15)9-6-12-7-10-14(17)11-8-12/h2-5,7-8,10-11H,1H3. The molecule has 0 N–H and O–H groups in total. The summed E-state index contributed by atoms with van der Waals surface area (Å²) >= 11 is 5.81. The summed E-state index contributed by atoms with van der Waals surface area (Å²) in [4.78, 5) is 11.6. The molecule has 2 rings (SSSR count). The van der Waals surface area contributed by atoms with Crippen LogP contribution in [0.2, 0.25) is 5.02 Å². The van der Waals surface area contributed by atoms with E-state index in [2.05, 4.69) is 11.8 Å². The molecule has 0 saturated heterocycles. The van der Waals surface area contributed by atoms with E-state index in [1.54, 1.807) is 30.3 Å². The van der Waals surface area contributed by atoms with Gasteiger partial charge in [-0.2, -0.15) is 0 Å². The van der Waals surface area contributed by atoms with E-state index in [1.165, 1.54) is 7.11 Å². The normalized spacial score (nSPS) is 9.37. The third kappa shape index (κ3) is 3.37. The second-order valence-electron chi connectivity index (χ2n) is 3.79. The van der Waals surface area contributed by atoms with E-state index in [-0.39, 0.29) is 5.97 Å². The van der Waals surface area contributed by atoms with Crippen molar-refractivity contribution in [2.45, 2.75) is 0 Å². The quantitative estimate of drug-likeness (QED) is 0.585. The largest absolute Gasteiger partial charge is 0.465 e. The lowest BCUT2D eigenvalue weighted by atomic mass is 10.1. The zero-order valence-electron chi connectivity index (χ0n) is 10.3. The van der Waals surface area contributed by atoms with Crippen LogP contribution < -0.4 is 0 Å². The van der Waals surface area contributed by atoms with Gasteiger partial charge in [0.15, 0.2) is 0 Å². The fourth-order valence-electron chi connectivity index (χ4n) is 1.55. The predicted octanol–water partition coefficient (Wildman–Crippen LogP) is 3.53. The van der Waals surface area contributed by atoms with Crippen molar-refractivity contribution in [2.24, 2.45) is 0 Å². The average molecular weight is 271 g/mol. The van der Waals surface area contributed by atoms with E-state index in [0.717, 1.165) is 5.56 Å². The molecule has 94 valence electrons. The number of carbonyl (C=O) groups excluding carboxylic acids is 1. The number of rotatable bonds is 1. The van der Waals surface area contributed by atoms with Gasteiger partial charge in [0.2, 0.25) is 0 Å². The molecular formula is C16H11ClO2. The SMILES string of the molecule is COC(=O)c1ccccc1C#Cc1ccc(Cl)cc1. The Labute approximate surface area is 117 Å². The molecule has 2 aromatic rings. The van der Waals surface area contributed by atoms with E-state index in [9.17, 15) is 4.79 Å². The highest BCUT2D eigenvalue weighted by Gasteiger charge is 2.08. The third-order valence-corrected chi connectivity index (χ3v) is 2.77. The van der Waals surface area contributed by atoms with Gasteiger partial charge in [0.05, 0.1) is 12.7 Å². The summed E-state index contributed by atoms with van der Waals surface area (Å²) < 4.78 is 4.72. The molecule has 0 spiro atoms. The summed E-state index contributed by atoms with van der Waals surface area (Å²) in [6, 6.07) is 14.3. The smallest absolute Gasteiger partial charge is 0.339 e. The van der Waals surface area contributed by atoms with Crippen LogP contribution in [0.5, 0.6) is 0 Å². The van der Waals surface area contributed by atoms with Crippen molar-refractivity contribution in [3.05, 3.63) is 70.2 Å². The van der Waals surface area contributed by atoms with Crippen LogP contribution in [-0.4, -0.2) is 13.1 Å². The molecule has 0 unspecified atom stereocenters. The molecule has 0 fully saturated rings. The third-order valence-electron chi connectivity index (χ3n) is 2.52. The van der Waals surface area contributed by atoms with Crippen LogP contribution in [0, 0.1) is 11.8 Å².